The SMILES string of the molecule is O=c1[nH]ncc(NCC[C@H]2CCCN2)c1Cl. The summed E-state index contributed by atoms with van der Waals surface area (Å²) in [6.45, 7) is 1.90. The largest absolute Gasteiger partial charge is 0.382 e. The number of anilines is 1. The van der Waals surface area contributed by atoms with Gasteiger partial charge in [-0.15, -0.1) is 0 Å². The number of halogens is 1. The summed E-state index contributed by atoms with van der Waals surface area (Å²) in [6, 6.07) is 0.584. The van der Waals surface area contributed by atoms with Crippen LogP contribution < -0.4 is 16.2 Å². The molecule has 0 aliphatic carbocycles. The van der Waals surface area contributed by atoms with E-state index in [4.69, 9.17) is 11.6 Å². The molecule has 1 aromatic heterocycles. The van der Waals surface area contributed by atoms with Crippen molar-refractivity contribution in [2.75, 3.05) is 18.4 Å². The van der Waals surface area contributed by atoms with Gasteiger partial charge in [0.25, 0.3) is 5.56 Å². The molecular weight excluding hydrogens is 228 g/mol. The molecule has 0 aromatic carbocycles. The minimum absolute atomic E-state index is 0.175. The number of nitrogens with zero attached hydrogens (tertiary/aromatic N) is 1. The molecule has 0 saturated carbocycles. The molecule has 6 heteroatoms. The Morgan fingerprint density at radius 3 is 3.25 bits per heavy atom. The van der Waals surface area contributed by atoms with E-state index in [0.717, 1.165) is 19.5 Å². The molecule has 16 heavy (non-hydrogen) atoms. The maximum atomic E-state index is 11.2. The van der Waals surface area contributed by atoms with Crippen molar-refractivity contribution in [1.82, 2.24) is 15.5 Å². The van der Waals surface area contributed by atoms with Gasteiger partial charge in [0.1, 0.15) is 5.02 Å². The van der Waals surface area contributed by atoms with Crippen LogP contribution >= 0.6 is 11.6 Å². The highest BCUT2D eigenvalue weighted by atomic mass is 35.5. The lowest BCUT2D eigenvalue weighted by Gasteiger charge is -2.11. The average molecular weight is 243 g/mol. The first kappa shape index (κ1) is 11.4. The number of aromatic nitrogens is 2. The fourth-order valence-electron chi connectivity index (χ4n) is 1.89. The zero-order valence-electron chi connectivity index (χ0n) is 8.92. The Labute approximate surface area is 98.6 Å². The summed E-state index contributed by atoms with van der Waals surface area (Å²) in [7, 11) is 0. The van der Waals surface area contributed by atoms with Gasteiger partial charge in [0.05, 0.1) is 11.9 Å². The van der Waals surface area contributed by atoms with Crippen molar-refractivity contribution in [3.8, 4) is 0 Å². The quantitative estimate of drug-likeness (QED) is 0.736. The van der Waals surface area contributed by atoms with Crippen LogP contribution in [0.2, 0.25) is 5.02 Å². The third kappa shape index (κ3) is 2.74. The van der Waals surface area contributed by atoms with Gasteiger partial charge >= 0.3 is 0 Å². The highest BCUT2D eigenvalue weighted by molar-refractivity contribution is 6.32. The second kappa shape index (κ2) is 5.32. The van der Waals surface area contributed by atoms with Crippen LogP contribution in [-0.2, 0) is 0 Å². The molecule has 1 aromatic rings. The van der Waals surface area contributed by atoms with Gasteiger partial charge in [-0.25, -0.2) is 5.10 Å². The van der Waals surface area contributed by atoms with Crippen LogP contribution in [0.15, 0.2) is 11.0 Å². The van der Waals surface area contributed by atoms with Crippen LogP contribution in [0, 0.1) is 0 Å². The number of H-pyrrole nitrogens is 1. The van der Waals surface area contributed by atoms with Crippen molar-refractivity contribution >= 4 is 17.3 Å². The third-order valence-corrected chi connectivity index (χ3v) is 3.14. The van der Waals surface area contributed by atoms with Gasteiger partial charge in [0.15, 0.2) is 0 Å². The van der Waals surface area contributed by atoms with Gasteiger partial charge in [-0.3, -0.25) is 4.79 Å². The van der Waals surface area contributed by atoms with Crippen LogP contribution in [0.25, 0.3) is 0 Å². The molecule has 0 amide bonds. The molecule has 1 aliphatic rings. The summed E-state index contributed by atoms with van der Waals surface area (Å²) < 4.78 is 0. The molecule has 1 atom stereocenters. The Bertz CT molecular complexity index is 400. The molecule has 88 valence electrons. The normalized spacial score (nSPS) is 19.9. The fourth-order valence-corrected chi connectivity index (χ4v) is 2.05. The molecule has 2 rings (SSSR count). The molecule has 1 saturated heterocycles. The highest BCUT2D eigenvalue weighted by Crippen LogP contribution is 2.15. The van der Waals surface area contributed by atoms with Crippen LogP contribution in [0.5, 0.6) is 0 Å². The first-order valence-electron chi connectivity index (χ1n) is 5.48. The minimum Gasteiger partial charge on any atom is -0.382 e. The standard InChI is InChI=1S/C10H15ClN4O/c11-9-8(6-14-15-10(9)16)13-5-3-7-2-1-4-12-7/h6-7,12H,1-5H2,(H2,13,15,16)/t7-/m1/s1. The Morgan fingerprint density at radius 1 is 1.62 bits per heavy atom. The summed E-state index contributed by atoms with van der Waals surface area (Å²) in [5.74, 6) is 0. The van der Waals surface area contributed by atoms with E-state index in [1.54, 1.807) is 0 Å². The van der Waals surface area contributed by atoms with Gasteiger partial charge in [-0.05, 0) is 25.8 Å². The van der Waals surface area contributed by atoms with E-state index in [1.165, 1.54) is 19.0 Å². The maximum Gasteiger partial charge on any atom is 0.285 e. The van der Waals surface area contributed by atoms with E-state index >= 15 is 0 Å². The van der Waals surface area contributed by atoms with Crippen molar-refractivity contribution in [2.24, 2.45) is 0 Å². The topological polar surface area (TPSA) is 69.8 Å². The number of hydrogen-bond donors (Lipinski definition) is 3. The maximum absolute atomic E-state index is 11.2. The Kier molecular flexibility index (Phi) is 3.79. The molecule has 2 heterocycles. The first-order valence-corrected chi connectivity index (χ1v) is 5.85. The van der Waals surface area contributed by atoms with Gasteiger partial charge in [0.2, 0.25) is 0 Å². The van der Waals surface area contributed by atoms with E-state index in [0.29, 0.717) is 11.7 Å². The summed E-state index contributed by atoms with van der Waals surface area (Å²) in [6.07, 6.45) is 5.04. The van der Waals surface area contributed by atoms with Crippen LogP contribution in [0.1, 0.15) is 19.3 Å². The van der Waals surface area contributed by atoms with E-state index in [1.807, 2.05) is 0 Å². The third-order valence-electron chi connectivity index (χ3n) is 2.77. The molecule has 5 nitrogen and oxygen atoms in total. The lowest BCUT2D eigenvalue weighted by Crippen LogP contribution is -2.24. The average Bonchev–Trinajstić information content (AvgIpc) is 2.77. The number of hydrogen-bond acceptors (Lipinski definition) is 4. The Balaban J connectivity index is 1.84. The second-order valence-corrected chi connectivity index (χ2v) is 4.31. The predicted octanol–water partition coefficient (Wildman–Crippen LogP) is 0.977. The van der Waals surface area contributed by atoms with Crippen LogP contribution in [0.4, 0.5) is 5.69 Å². The van der Waals surface area contributed by atoms with Crippen molar-refractivity contribution in [3.63, 3.8) is 0 Å². The van der Waals surface area contributed by atoms with Crippen molar-refractivity contribution in [1.29, 1.82) is 0 Å². The lowest BCUT2D eigenvalue weighted by molar-refractivity contribution is 0.574. The fraction of sp³-hybridized carbons (Fsp3) is 0.600. The molecule has 1 aliphatic heterocycles. The second-order valence-electron chi connectivity index (χ2n) is 3.94. The summed E-state index contributed by atoms with van der Waals surface area (Å²) in [5.41, 5.74) is 0.245. The van der Waals surface area contributed by atoms with Gasteiger partial charge < -0.3 is 10.6 Å². The summed E-state index contributed by atoms with van der Waals surface area (Å²) in [5, 5.41) is 12.7. The molecule has 0 spiro atoms. The predicted molar refractivity (Wildman–Crippen MR) is 64.0 cm³/mol. The molecule has 0 bridgehead atoms. The highest BCUT2D eigenvalue weighted by Gasteiger charge is 2.13. The molecular formula is C10H15ClN4O. The number of rotatable bonds is 4. The zero-order chi connectivity index (χ0) is 11.4. The molecule has 1 fully saturated rings. The van der Waals surface area contributed by atoms with Gasteiger partial charge in [0, 0.05) is 12.6 Å². The van der Waals surface area contributed by atoms with Crippen molar-refractivity contribution in [2.45, 2.75) is 25.3 Å². The molecule has 3 N–H and O–H groups in total. The minimum atomic E-state index is -0.356. The van der Waals surface area contributed by atoms with Gasteiger partial charge in [-0.1, -0.05) is 11.6 Å². The molecule has 0 unspecified atom stereocenters. The smallest absolute Gasteiger partial charge is 0.285 e. The van der Waals surface area contributed by atoms with Crippen LogP contribution in [0.3, 0.4) is 0 Å². The van der Waals surface area contributed by atoms with Crippen LogP contribution in [-0.4, -0.2) is 29.3 Å². The zero-order valence-corrected chi connectivity index (χ0v) is 9.68. The Morgan fingerprint density at radius 2 is 2.50 bits per heavy atom. The van der Waals surface area contributed by atoms with Crippen molar-refractivity contribution in [3.05, 3.63) is 21.6 Å². The Hall–Kier alpha value is -1.07. The summed E-state index contributed by atoms with van der Waals surface area (Å²) in [4.78, 5) is 11.2. The van der Waals surface area contributed by atoms with E-state index in [2.05, 4.69) is 20.8 Å². The monoisotopic (exact) mass is 242 g/mol. The lowest BCUT2D eigenvalue weighted by atomic mass is 10.1. The first-order chi connectivity index (χ1) is 7.77. The number of aromatic amines is 1. The number of nitrogens with one attached hydrogen (secondary N) is 3. The van der Waals surface area contributed by atoms with Crippen molar-refractivity contribution < 1.29 is 0 Å². The summed E-state index contributed by atoms with van der Waals surface area (Å²) >= 11 is 5.83. The van der Waals surface area contributed by atoms with Gasteiger partial charge in [-0.2, -0.15) is 5.10 Å². The molecule has 0 radical (unpaired) electrons. The van der Waals surface area contributed by atoms with E-state index in [9.17, 15) is 4.79 Å². The van der Waals surface area contributed by atoms with E-state index in [-0.39, 0.29) is 10.6 Å². The van der Waals surface area contributed by atoms with E-state index < -0.39 is 0 Å².